The zero-order valence-electron chi connectivity index (χ0n) is 10.7. The predicted octanol–water partition coefficient (Wildman–Crippen LogP) is 1.60. The van der Waals surface area contributed by atoms with Gasteiger partial charge in [0.2, 0.25) is 0 Å². The molecule has 0 amide bonds. The number of aromatic nitrogens is 2. The van der Waals surface area contributed by atoms with Gasteiger partial charge in [-0.05, 0) is 18.2 Å². The van der Waals surface area contributed by atoms with Gasteiger partial charge in [0.1, 0.15) is 11.5 Å². The van der Waals surface area contributed by atoms with Crippen LogP contribution in [0.5, 0.6) is 11.5 Å². The largest absolute Gasteiger partial charge is 0.497 e. The highest BCUT2D eigenvalue weighted by Gasteiger charge is 2.12. The smallest absolute Gasteiger partial charge is 0.131 e. The topological polar surface area (TPSA) is 56.5 Å². The third-order valence-electron chi connectivity index (χ3n) is 2.78. The van der Waals surface area contributed by atoms with Gasteiger partial charge >= 0.3 is 0 Å². The van der Waals surface area contributed by atoms with E-state index in [0.717, 1.165) is 17.0 Å². The number of methoxy groups -OCH3 is 2. The van der Waals surface area contributed by atoms with E-state index in [2.05, 4.69) is 5.10 Å². The standard InChI is InChI=1S/C13H16N2O3/c1-15-12(6-9(8-16)14-15)11-5-4-10(17-2)7-13(11)18-3/h4-7,16H,8H2,1-3H3. The van der Waals surface area contributed by atoms with E-state index in [4.69, 9.17) is 14.6 Å². The van der Waals surface area contributed by atoms with Crippen LogP contribution in [0.4, 0.5) is 0 Å². The molecule has 0 spiro atoms. The van der Waals surface area contributed by atoms with Crippen LogP contribution in [0.3, 0.4) is 0 Å². The molecule has 0 atom stereocenters. The number of hydrogen-bond donors (Lipinski definition) is 1. The first-order chi connectivity index (χ1) is 8.69. The Morgan fingerprint density at radius 3 is 2.56 bits per heavy atom. The summed E-state index contributed by atoms with van der Waals surface area (Å²) in [7, 11) is 5.06. The van der Waals surface area contributed by atoms with Gasteiger partial charge in [0.15, 0.2) is 0 Å². The molecular formula is C13H16N2O3. The number of hydrogen-bond acceptors (Lipinski definition) is 4. The molecule has 0 bridgehead atoms. The monoisotopic (exact) mass is 248 g/mol. The maximum absolute atomic E-state index is 9.10. The Hall–Kier alpha value is -2.01. The van der Waals surface area contributed by atoms with Gasteiger partial charge in [-0.3, -0.25) is 4.68 Å². The summed E-state index contributed by atoms with van der Waals surface area (Å²) in [6.07, 6.45) is 0. The predicted molar refractivity (Wildman–Crippen MR) is 67.7 cm³/mol. The molecule has 0 aliphatic carbocycles. The van der Waals surface area contributed by atoms with Crippen molar-refractivity contribution in [1.29, 1.82) is 0 Å². The van der Waals surface area contributed by atoms with E-state index < -0.39 is 0 Å². The lowest BCUT2D eigenvalue weighted by molar-refractivity contribution is 0.275. The van der Waals surface area contributed by atoms with Crippen LogP contribution in [0, 0.1) is 0 Å². The molecule has 0 saturated heterocycles. The average Bonchev–Trinajstić information content (AvgIpc) is 2.79. The van der Waals surface area contributed by atoms with Crippen LogP contribution in [-0.4, -0.2) is 29.1 Å². The molecule has 1 N–H and O–H groups in total. The summed E-state index contributed by atoms with van der Waals surface area (Å²) in [6, 6.07) is 7.44. The summed E-state index contributed by atoms with van der Waals surface area (Å²) in [5.41, 5.74) is 2.43. The minimum atomic E-state index is -0.0771. The molecule has 96 valence electrons. The van der Waals surface area contributed by atoms with Crippen molar-refractivity contribution in [1.82, 2.24) is 9.78 Å². The van der Waals surface area contributed by atoms with E-state index in [-0.39, 0.29) is 6.61 Å². The minimum Gasteiger partial charge on any atom is -0.497 e. The van der Waals surface area contributed by atoms with Gasteiger partial charge < -0.3 is 14.6 Å². The maximum Gasteiger partial charge on any atom is 0.131 e. The molecule has 0 radical (unpaired) electrons. The van der Waals surface area contributed by atoms with E-state index in [1.54, 1.807) is 18.9 Å². The number of nitrogens with zero attached hydrogens (tertiary/aromatic N) is 2. The second kappa shape index (κ2) is 5.10. The zero-order chi connectivity index (χ0) is 13.1. The molecule has 1 aromatic heterocycles. The number of aliphatic hydroxyl groups excluding tert-OH is 1. The molecule has 0 aliphatic heterocycles. The van der Waals surface area contributed by atoms with Crippen molar-refractivity contribution >= 4 is 0 Å². The number of ether oxygens (including phenoxy) is 2. The van der Waals surface area contributed by atoms with Gasteiger partial charge in [-0.2, -0.15) is 5.10 Å². The maximum atomic E-state index is 9.10. The minimum absolute atomic E-state index is 0.0771. The molecular weight excluding hydrogens is 232 g/mol. The molecule has 2 rings (SSSR count). The summed E-state index contributed by atoms with van der Waals surface area (Å²) >= 11 is 0. The van der Waals surface area contributed by atoms with Gasteiger partial charge in [-0.25, -0.2) is 0 Å². The summed E-state index contributed by atoms with van der Waals surface area (Å²) in [6.45, 7) is -0.0771. The molecule has 5 heteroatoms. The van der Waals surface area contributed by atoms with Crippen molar-refractivity contribution in [3.63, 3.8) is 0 Å². The Kier molecular flexibility index (Phi) is 3.53. The lowest BCUT2D eigenvalue weighted by Gasteiger charge is -2.10. The summed E-state index contributed by atoms with van der Waals surface area (Å²) in [5.74, 6) is 1.45. The number of rotatable bonds is 4. The van der Waals surface area contributed by atoms with Crippen molar-refractivity contribution in [3.05, 3.63) is 30.0 Å². The highest BCUT2D eigenvalue weighted by Crippen LogP contribution is 2.33. The molecule has 2 aromatic rings. The summed E-state index contributed by atoms with van der Waals surface area (Å²) in [5, 5.41) is 13.3. The SMILES string of the molecule is COc1ccc(-c2cc(CO)nn2C)c(OC)c1. The van der Waals surface area contributed by atoms with Crippen molar-refractivity contribution in [3.8, 4) is 22.8 Å². The van der Waals surface area contributed by atoms with Gasteiger partial charge in [0.25, 0.3) is 0 Å². The average molecular weight is 248 g/mol. The second-order valence-corrected chi connectivity index (χ2v) is 3.87. The van der Waals surface area contributed by atoms with Crippen LogP contribution in [-0.2, 0) is 13.7 Å². The quantitative estimate of drug-likeness (QED) is 0.892. The highest BCUT2D eigenvalue weighted by atomic mass is 16.5. The molecule has 1 aromatic carbocycles. The van der Waals surface area contributed by atoms with Crippen molar-refractivity contribution in [2.75, 3.05) is 14.2 Å². The van der Waals surface area contributed by atoms with Crippen LogP contribution in [0.1, 0.15) is 5.69 Å². The first-order valence-corrected chi connectivity index (χ1v) is 5.55. The van der Waals surface area contributed by atoms with E-state index in [1.807, 2.05) is 31.3 Å². The summed E-state index contributed by atoms with van der Waals surface area (Å²) in [4.78, 5) is 0. The Morgan fingerprint density at radius 1 is 1.22 bits per heavy atom. The van der Waals surface area contributed by atoms with Crippen LogP contribution in [0.15, 0.2) is 24.3 Å². The van der Waals surface area contributed by atoms with Gasteiger partial charge in [-0.1, -0.05) is 0 Å². The third-order valence-corrected chi connectivity index (χ3v) is 2.78. The molecule has 5 nitrogen and oxygen atoms in total. The third kappa shape index (κ3) is 2.17. The Labute approximate surface area is 106 Å². The fourth-order valence-corrected chi connectivity index (χ4v) is 1.87. The van der Waals surface area contributed by atoms with E-state index in [9.17, 15) is 0 Å². The van der Waals surface area contributed by atoms with Crippen molar-refractivity contribution < 1.29 is 14.6 Å². The zero-order valence-corrected chi connectivity index (χ0v) is 10.7. The number of benzene rings is 1. The lowest BCUT2D eigenvalue weighted by atomic mass is 10.1. The fraction of sp³-hybridized carbons (Fsp3) is 0.308. The fourth-order valence-electron chi connectivity index (χ4n) is 1.87. The molecule has 18 heavy (non-hydrogen) atoms. The van der Waals surface area contributed by atoms with Crippen LogP contribution in [0.2, 0.25) is 0 Å². The van der Waals surface area contributed by atoms with Gasteiger partial charge in [0.05, 0.1) is 32.2 Å². The Bertz CT molecular complexity index is 549. The van der Waals surface area contributed by atoms with Crippen LogP contribution in [0.25, 0.3) is 11.3 Å². The first-order valence-electron chi connectivity index (χ1n) is 5.55. The molecule has 1 heterocycles. The van der Waals surface area contributed by atoms with E-state index >= 15 is 0 Å². The van der Waals surface area contributed by atoms with Gasteiger partial charge in [0, 0.05) is 18.7 Å². The Balaban J connectivity index is 2.52. The molecule has 0 unspecified atom stereocenters. The van der Waals surface area contributed by atoms with Crippen LogP contribution < -0.4 is 9.47 Å². The number of aryl methyl sites for hydroxylation is 1. The summed E-state index contributed by atoms with van der Waals surface area (Å²) < 4.78 is 12.2. The second-order valence-electron chi connectivity index (χ2n) is 3.87. The molecule has 0 fully saturated rings. The van der Waals surface area contributed by atoms with Crippen LogP contribution >= 0.6 is 0 Å². The van der Waals surface area contributed by atoms with E-state index in [0.29, 0.717) is 11.4 Å². The number of aliphatic hydroxyl groups is 1. The Morgan fingerprint density at radius 2 is 2.00 bits per heavy atom. The van der Waals surface area contributed by atoms with Crippen molar-refractivity contribution in [2.24, 2.45) is 7.05 Å². The molecule has 0 saturated carbocycles. The first kappa shape index (κ1) is 12.4. The lowest BCUT2D eigenvalue weighted by Crippen LogP contribution is -1.97. The van der Waals surface area contributed by atoms with Gasteiger partial charge in [-0.15, -0.1) is 0 Å². The molecule has 0 aliphatic rings. The highest BCUT2D eigenvalue weighted by molar-refractivity contribution is 5.69. The normalized spacial score (nSPS) is 10.4. The van der Waals surface area contributed by atoms with E-state index in [1.165, 1.54) is 0 Å². The van der Waals surface area contributed by atoms with Crippen molar-refractivity contribution in [2.45, 2.75) is 6.61 Å².